The van der Waals surface area contributed by atoms with Crippen LogP contribution in [-0.4, -0.2) is 56.9 Å². The molecule has 0 bridgehead atoms. The second kappa shape index (κ2) is 7.49. The van der Waals surface area contributed by atoms with Gasteiger partial charge in [-0.25, -0.2) is 4.39 Å². The molecule has 2 saturated heterocycles. The van der Waals surface area contributed by atoms with Crippen LogP contribution in [0.3, 0.4) is 0 Å². The third-order valence-electron chi connectivity index (χ3n) is 4.99. The fraction of sp³-hybridized carbons (Fsp3) is 0.611. The van der Waals surface area contributed by atoms with E-state index in [1.54, 1.807) is 7.11 Å². The number of likely N-dealkylation sites (tertiary alicyclic amines) is 1. The van der Waals surface area contributed by atoms with Crippen LogP contribution < -0.4 is 4.74 Å². The van der Waals surface area contributed by atoms with Gasteiger partial charge in [0.1, 0.15) is 11.6 Å². The largest absolute Gasteiger partial charge is 0.484 e. The van der Waals surface area contributed by atoms with Gasteiger partial charge in [-0.2, -0.15) is 0 Å². The number of nitrogens with zero attached hydrogens (tertiary/aromatic N) is 1. The second-order valence-electron chi connectivity index (χ2n) is 6.72. The summed E-state index contributed by atoms with van der Waals surface area (Å²) in [6.07, 6.45) is 3.10. The summed E-state index contributed by atoms with van der Waals surface area (Å²) in [6.45, 7) is 2.84. The number of hydrogen-bond acceptors (Lipinski definition) is 4. The first-order valence-electron chi connectivity index (χ1n) is 8.37. The van der Waals surface area contributed by atoms with Gasteiger partial charge in [-0.15, -0.1) is 0 Å². The Morgan fingerprint density at radius 1 is 1.33 bits per heavy atom. The standard InChI is InChI=1S/C18H24FNO4/c1-22-11-16-10-18(13-24-16)6-8-20(9-7-18)17(21)12-23-15-4-2-14(19)3-5-15/h2-5,16H,6-13H2,1H3/t16-/m1/s1. The molecule has 2 aliphatic rings. The normalized spacial score (nSPS) is 22.8. The van der Waals surface area contributed by atoms with Gasteiger partial charge >= 0.3 is 0 Å². The lowest BCUT2D eigenvalue weighted by atomic mass is 9.76. The van der Waals surface area contributed by atoms with Crippen molar-refractivity contribution in [1.29, 1.82) is 0 Å². The van der Waals surface area contributed by atoms with Crippen molar-refractivity contribution in [2.75, 3.05) is 40.0 Å². The zero-order valence-corrected chi connectivity index (χ0v) is 14.0. The first-order chi connectivity index (χ1) is 11.6. The average molecular weight is 337 g/mol. The Morgan fingerprint density at radius 3 is 2.71 bits per heavy atom. The van der Waals surface area contributed by atoms with Crippen molar-refractivity contribution in [3.63, 3.8) is 0 Å². The number of halogens is 1. The quantitative estimate of drug-likeness (QED) is 0.827. The maximum atomic E-state index is 12.8. The third kappa shape index (κ3) is 4.05. The van der Waals surface area contributed by atoms with Gasteiger partial charge in [0.15, 0.2) is 6.61 Å². The molecule has 2 heterocycles. The summed E-state index contributed by atoms with van der Waals surface area (Å²) in [4.78, 5) is 14.1. The molecule has 24 heavy (non-hydrogen) atoms. The molecule has 2 fully saturated rings. The number of hydrogen-bond donors (Lipinski definition) is 0. The number of piperidine rings is 1. The number of ether oxygens (including phenoxy) is 3. The highest BCUT2D eigenvalue weighted by molar-refractivity contribution is 5.77. The van der Waals surface area contributed by atoms with Crippen molar-refractivity contribution < 1.29 is 23.4 Å². The SMILES string of the molecule is COC[C@H]1CC2(CCN(C(=O)COc3ccc(F)cc3)CC2)CO1. The van der Waals surface area contributed by atoms with Gasteiger partial charge in [0, 0.05) is 20.2 Å². The molecule has 0 aliphatic carbocycles. The number of carbonyl (C=O) groups is 1. The number of benzene rings is 1. The summed E-state index contributed by atoms with van der Waals surface area (Å²) in [5, 5.41) is 0. The van der Waals surface area contributed by atoms with Gasteiger partial charge in [-0.3, -0.25) is 4.79 Å². The summed E-state index contributed by atoms with van der Waals surface area (Å²) < 4.78 is 29.3. The number of amides is 1. The van der Waals surface area contributed by atoms with Gasteiger partial charge < -0.3 is 19.1 Å². The molecule has 3 rings (SSSR count). The Labute approximate surface area is 141 Å². The molecule has 1 atom stereocenters. The highest BCUT2D eigenvalue weighted by atomic mass is 19.1. The molecule has 5 nitrogen and oxygen atoms in total. The van der Waals surface area contributed by atoms with E-state index in [-0.39, 0.29) is 29.9 Å². The molecule has 0 N–H and O–H groups in total. The first kappa shape index (κ1) is 17.2. The Morgan fingerprint density at radius 2 is 2.04 bits per heavy atom. The molecule has 0 unspecified atom stereocenters. The monoisotopic (exact) mass is 337 g/mol. The lowest BCUT2D eigenvalue weighted by molar-refractivity contribution is -0.135. The van der Waals surface area contributed by atoms with E-state index < -0.39 is 0 Å². The smallest absolute Gasteiger partial charge is 0.260 e. The van der Waals surface area contributed by atoms with Crippen molar-refractivity contribution in [3.8, 4) is 5.75 Å². The minimum absolute atomic E-state index is 0.0125. The van der Waals surface area contributed by atoms with Crippen molar-refractivity contribution >= 4 is 5.91 Å². The lowest BCUT2D eigenvalue weighted by Gasteiger charge is -2.38. The summed E-state index contributed by atoms with van der Waals surface area (Å²) in [5.41, 5.74) is 0.192. The predicted octanol–water partition coefficient (Wildman–Crippen LogP) is 2.25. The maximum absolute atomic E-state index is 12.8. The molecule has 2 aliphatic heterocycles. The molecule has 0 radical (unpaired) electrons. The maximum Gasteiger partial charge on any atom is 0.260 e. The fourth-order valence-corrected chi connectivity index (χ4v) is 3.53. The van der Waals surface area contributed by atoms with E-state index in [0.29, 0.717) is 12.4 Å². The van der Waals surface area contributed by atoms with E-state index in [1.807, 2.05) is 4.90 Å². The van der Waals surface area contributed by atoms with Gasteiger partial charge in [0.25, 0.3) is 5.91 Å². The molecule has 1 aromatic carbocycles. The lowest BCUT2D eigenvalue weighted by Crippen LogP contribution is -2.45. The van der Waals surface area contributed by atoms with Crippen LogP contribution in [-0.2, 0) is 14.3 Å². The fourth-order valence-electron chi connectivity index (χ4n) is 3.53. The van der Waals surface area contributed by atoms with Gasteiger partial charge in [-0.05, 0) is 48.9 Å². The molecule has 1 amide bonds. The van der Waals surface area contributed by atoms with Crippen LogP contribution in [0.2, 0.25) is 0 Å². The predicted molar refractivity (Wildman–Crippen MR) is 86.4 cm³/mol. The van der Waals surface area contributed by atoms with Crippen molar-refractivity contribution in [3.05, 3.63) is 30.1 Å². The van der Waals surface area contributed by atoms with Crippen molar-refractivity contribution in [2.45, 2.75) is 25.4 Å². The number of methoxy groups -OCH3 is 1. The Kier molecular flexibility index (Phi) is 5.36. The minimum atomic E-state index is -0.319. The Bertz CT molecular complexity index is 555. The molecule has 6 heteroatoms. The zero-order chi connectivity index (χ0) is 17.0. The molecular weight excluding hydrogens is 313 g/mol. The van der Waals surface area contributed by atoms with Crippen molar-refractivity contribution in [1.82, 2.24) is 4.90 Å². The minimum Gasteiger partial charge on any atom is -0.484 e. The number of carbonyl (C=O) groups excluding carboxylic acids is 1. The van der Waals surface area contributed by atoms with Crippen LogP contribution in [0.15, 0.2) is 24.3 Å². The highest BCUT2D eigenvalue weighted by Crippen LogP contribution is 2.41. The van der Waals surface area contributed by atoms with Crippen LogP contribution in [0, 0.1) is 11.2 Å². The molecular formula is C18H24FNO4. The first-order valence-corrected chi connectivity index (χ1v) is 8.37. The van der Waals surface area contributed by atoms with Gasteiger partial charge in [0.2, 0.25) is 0 Å². The third-order valence-corrected chi connectivity index (χ3v) is 4.99. The van der Waals surface area contributed by atoms with Gasteiger partial charge in [0.05, 0.1) is 19.3 Å². The van der Waals surface area contributed by atoms with E-state index in [1.165, 1.54) is 24.3 Å². The second-order valence-corrected chi connectivity index (χ2v) is 6.72. The Hall–Kier alpha value is -1.66. The Balaban J connectivity index is 1.44. The van der Waals surface area contributed by atoms with Crippen LogP contribution >= 0.6 is 0 Å². The topological polar surface area (TPSA) is 48.0 Å². The van der Waals surface area contributed by atoms with E-state index in [2.05, 4.69) is 0 Å². The molecule has 1 spiro atoms. The average Bonchev–Trinajstić information content (AvgIpc) is 2.97. The molecule has 0 aromatic heterocycles. The van der Waals surface area contributed by atoms with Crippen molar-refractivity contribution in [2.24, 2.45) is 5.41 Å². The molecule has 132 valence electrons. The summed E-state index contributed by atoms with van der Waals surface area (Å²) in [6, 6.07) is 5.70. The van der Waals surface area contributed by atoms with Gasteiger partial charge in [-0.1, -0.05) is 0 Å². The summed E-state index contributed by atoms with van der Waals surface area (Å²) >= 11 is 0. The summed E-state index contributed by atoms with van der Waals surface area (Å²) in [7, 11) is 1.69. The number of rotatable bonds is 5. The highest BCUT2D eigenvalue weighted by Gasteiger charge is 2.42. The molecule has 1 aromatic rings. The van der Waals surface area contributed by atoms with Crippen LogP contribution in [0.1, 0.15) is 19.3 Å². The van der Waals surface area contributed by atoms with E-state index >= 15 is 0 Å². The molecule has 0 saturated carbocycles. The van der Waals surface area contributed by atoms with Crippen LogP contribution in [0.4, 0.5) is 4.39 Å². The van der Waals surface area contributed by atoms with E-state index in [0.717, 1.165) is 39.0 Å². The van der Waals surface area contributed by atoms with Crippen LogP contribution in [0.5, 0.6) is 5.75 Å². The summed E-state index contributed by atoms with van der Waals surface area (Å²) in [5.74, 6) is 0.159. The van der Waals surface area contributed by atoms with E-state index in [9.17, 15) is 9.18 Å². The van der Waals surface area contributed by atoms with E-state index in [4.69, 9.17) is 14.2 Å². The zero-order valence-electron chi connectivity index (χ0n) is 14.0. The van der Waals surface area contributed by atoms with Crippen LogP contribution in [0.25, 0.3) is 0 Å².